The highest BCUT2D eigenvalue weighted by atomic mass is 16.5. The molecular weight excluding hydrogens is 312 g/mol. The lowest BCUT2D eigenvalue weighted by molar-refractivity contribution is -0.152. The number of carboxylic acids is 1. The van der Waals surface area contributed by atoms with Crippen LogP contribution < -0.4 is 11.5 Å². The molecule has 2 rings (SSSR count). The van der Waals surface area contributed by atoms with Gasteiger partial charge in [-0.1, -0.05) is 6.07 Å². The summed E-state index contributed by atoms with van der Waals surface area (Å²) in [5, 5.41) is 18.6. The number of carbonyl (C=O) groups is 2. The minimum atomic E-state index is -1.18. The quantitative estimate of drug-likeness (QED) is 0.569. The molecule has 1 fully saturated rings. The van der Waals surface area contributed by atoms with E-state index in [1.165, 1.54) is 12.1 Å². The van der Waals surface area contributed by atoms with Crippen molar-refractivity contribution in [1.82, 2.24) is 0 Å². The molecule has 6 N–H and O–H groups in total. The van der Waals surface area contributed by atoms with Crippen LogP contribution in [0.15, 0.2) is 18.2 Å². The Bertz CT molecular complexity index is 597. The molecule has 0 radical (unpaired) electrons. The van der Waals surface area contributed by atoms with Crippen molar-refractivity contribution < 1.29 is 24.5 Å². The Kier molecular flexibility index (Phi) is 6.16. The molecule has 7 nitrogen and oxygen atoms in total. The molecule has 1 saturated carbocycles. The van der Waals surface area contributed by atoms with Gasteiger partial charge in [0.25, 0.3) is 0 Å². The molecule has 7 heteroatoms. The molecule has 24 heavy (non-hydrogen) atoms. The second-order valence-corrected chi connectivity index (χ2v) is 6.27. The van der Waals surface area contributed by atoms with Crippen LogP contribution in [0.25, 0.3) is 0 Å². The normalized spacial score (nSPS) is 21.9. The van der Waals surface area contributed by atoms with Crippen molar-refractivity contribution >= 4 is 11.9 Å². The molecule has 0 spiro atoms. The number of phenolic OH excluding ortho intramolecular Hbond substituents is 1. The van der Waals surface area contributed by atoms with E-state index >= 15 is 0 Å². The predicted molar refractivity (Wildman–Crippen MR) is 87.6 cm³/mol. The van der Waals surface area contributed by atoms with Crippen molar-refractivity contribution in [3.05, 3.63) is 29.3 Å². The van der Waals surface area contributed by atoms with Crippen LogP contribution in [-0.4, -0.2) is 40.8 Å². The van der Waals surface area contributed by atoms with E-state index in [-0.39, 0.29) is 23.8 Å². The average Bonchev–Trinajstić information content (AvgIpc) is 2.56. The van der Waals surface area contributed by atoms with E-state index in [0.29, 0.717) is 18.0 Å². The van der Waals surface area contributed by atoms with Gasteiger partial charge in [0.1, 0.15) is 17.9 Å². The second-order valence-electron chi connectivity index (χ2n) is 6.27. The second kappa shape index (κ2) is 8.12. The molecular formula is C17H24N2O5. The van der Waals surface area contributed by atoms with E-state index in [1.54, 1.807) is 0 Å². The van der Waals surface area contributed by atoms with Crippen LogP contribution in [0.4, 0.5) is 0 Å². The molecule has 1 aromatic carbocycles. The first-order valence-electron chi connectivity index (χ1n) is 8.12. The fraction of sp³-hybridized carbons (Fsp3) is 0.529. The predicted octanol–water partition coefficient (Wildman–Crippen LogP) is 1.02. The Labute approximate surface area is 140 Å². The Morgan fingerprint density at radius 3 is 2.50 bits per heavy atom. The van der Waals surface area contributed by atoms with Gasteiger partial charge in [0.05, 0.1) is 5.56 Å². The van der Waals surface area contributed by atoms with Gasteiger partial charge in [0.15, 0.2) is 0 Å². The number of carboxylic acid groups (broad SMARTS) is 1. The zero-order valence-electron chi connectivity index (χ0n) is 13.5. The number of hydrogen-bond donors (Lipinski definition) is 4. The molecule has 1 aliphatic rings. The summed E-state index contributed by atoms with van der Waals surface area (Å²) in [6.07, 6.45) is 3.32. The fourth-order valence-electron chi connectivity index (χ4n) is 3.00. The number of nitrogens with two attached hydrogens (primary N) is 2. The molecule has 0 heterocycles. The Morgan fingerprint density at radius 2 is 1.92 bits per heavy atom. The molecule has 0 bridgehead atoms. The Morgan fingerprint density at radius 1 is 1.25 bits per heavy atom. The fourth-order valence-corrected chi connectivity index (χ4v) is 3.00. The van der Waals surface area contributed by atoms with E-state index in [9.17, 15) is 19.8 Å². The summed E-state index contributed by atoms with van der Waals surface area (Å²) in [6.45, 7) is 0.652. The van der Waals surface area contributed by atoms with Gasteiger partial charge in [-0.2, -0.15) is 0 Å². The first kappa shape index (κ1) is 18.2. The minimum Gasteiger partial charge on any atom is -0.508 e. The number of rotatable bonds is 6. The summed E-state index contributed by atoms with van der Waals surface area (Å²) < 4.78 is 5.44. The van der Waals surface area contributed by atoms with Gasteiger partial charge in [-0.05, 0) is 62.3 Å². The first-order valence-corrected chi connectivity index (χ1v) is 8.12. The molecule has 1 atom stereocenters. The smallest absolute Gasteiger partial charge is 0.336 e. The third-order valence-electron chi connectivity index (χ3n) is 4.48. The summed E-state index contributed by atoms with van der Waals surface area (Å²) in [4.78, 5) is 23.4. The molecule has 0 aliphatic heterocycles. The summed E-state index contributed by atoms with van der Waals surface area (Å²) in [7, 11) is 0. The molecule has 0 aromatic heterocycles. The number of benzene rings is 1. The molecule has 1 unspecified atom stereocenters. The molecule has 0 saturated heterocycles. The summed E-state index contributed by atoms with van der Waals surface area (Å²) in [6, 6.07) is 3.02. The third-order valence-corrected chi connectivity index (χ3v) is 4.48. The van der Waals surface area contributed by atoms with Gasteiger partial charge in [0.2, 0.25) is 0 Å². The van der Waals surface area contributed by atoms with E-state index in [2.05, 4.69) is 0 Å². The minimum absolute atomic E-state index is 0.0406. The standard InChI is InChI=1S/C17H24N2O5/c18-9-10-1-5-13(6-2-10)24-17(23)15(19)7-11-3-4-12(20)8-14(11)16(21)22/h3-4,8,10,13,15,20H,1-2,5-7,9,18-19H2,(H,21,22). The van der Waals surface area contributed by atoms with Gasteiger partial charge in [-0.25, -0.2) is 4.79 Å². The summed E-state index contributed by atoms with van der Waals surface area (Å²) >= 11 is 0. The topological polar surface area (TPSA) is 136 Å². The maximum atomic E-state index is 12.1. The van der Waals surface area contributed by atoms with Gasteiger partial charge in [-0.15, -0.1) is 0 Å². The highest BCUT2D eigenvalue weighted by Crippen LogP contribution is 2.26. The van der Waals surface area contributed by atoms with E-state index in [0.717, 1.165) is 31.7 Å². The van der Waals surface area contributed by atoms with Gasteiger partial charge >= 0.3 is 11.9 Å². The zero-order valence-corrected chi connectivity index (χ0v) is 13.5. The number of carbonyl (C=O) groups excluding carboxylic acids is 1. The maximum absolute atomic E-state index is 12.1. The lowest BCUT2D eigenvalue weighted by atomic mass is 9.87. The maximum Gasteiger partial charge on any atom is 0.336 e. The molecule has 1 aromatic rings. The first-order chi connectivity index (χ1) is 11.4. The zero-order chi connectivity index (χ0) is 17.7. The third kappa shape index (κ3) is 4.69. The summed E-state index contributed by atoms with van der Waals surface area (Å²) in [5.74, 6) is -1.37. The van der Waals surface area contributed by atoms with Crippen LogP contribution in [0.1, 0.15) is 41.6 Å². The number of phenols is 1. The van der Waals surface area contributed by atoms with E-state index < -0.39 is 18.0 Å². The van der Waals surface area contributed by atoms with Crippen LogP contribution in [0.3, 0.4) is 0 Å². The largest absolute Gasteiger partial charge is 0.508 e. The van der Waals surface area contributed by atoms with Gasteiger partial charge in [0, 0.05) is 0 Å². The Hall–Kier alpha value is -2.12. The number of aromatic hydroxyl groups is 1. The van der Waals surface area contributed by atoms with Crippen molar-refractivity contribution in [1.29, 1.82) is 0 Å². The van der Waals surface area contributed by atoms with Crippen LogP contribution in [0, 0.1) is 5.92 Å². The summed E-state index contributed by atoms with van der Waals surface area (Å²) in [5.41, 5.74) is 11.8. The molecule has 1 aliphatic carbocycles. The number of ether oxygens (including phenoxy) is 1. The monoisotopic (exact) mass is 336 g/mol. The van der Waals surface area contributed by atoms with Crippen LogP contribution in [-0.2, 0) is 16.0 Å². The SMILES string of the molecule is NCC1CCC(OC(=O)C(N)Cc2ccc(O)cc2C(=O)O)CC1. The lowest BCUT2D eigenvalue weighted by Crippen LogP contribution is -2.38. The van der Waals surface area contributed by atoms with Crippen molar-refractivity contribution in [3.8, 4) is 5.75 Å². The van der Waals surface area contributed by atoms with Crippen LogP contribution in [0.2, 0.25) is 0 Å². The number of aromatic carboxylic acids is 1. The van der Waals surface area contributed by atoms with Crippen molar-refractivity contribution in [2.24, 2.45) is 17.4 Å². The van der Waals surface area contributed by atoms with Gasteiger partial charge in [-0.3, -0.25) is 4.79 Å². The van der Waals surface area contributed by atoms with Gasteiger partial charge < -0.3 is 26.4 Å². The van der Waals surface area contributed by atoms with E-state index in [4.69, 9.17) is 16.2 Å². The highest BCUT2D eigenvalue weighted by Gasteiger charge is 2.26. The number of esters is 1. The van der Waals surface area contributed by atoms with Crippen molar-refractivity contribution in [3.63, 3.8) is 0 Å². The Balaban J connectivity index is 1.94. The van der Waals surface area contributed by atoms with Crippen LogP contribution >= 0.6 is 0 Å². The molecule has 0 amide bonds. The van der Waals surface area contributed by atoms with Crippen molar-refractivity contribution in [2.45, 2.75) is 44.2 Å². The molecule has 132 valence electrons. The lowest BCUT2D eigenvalue weighted by Gasteiger charge is -2.28. The van der Waals surface area contributed by atoms with Crippen LogP contribution in [0.5, 0.6) is 5.75 Å². The average molecular weight is 336 g/mol. The number of hydrogen-bond acceptors (Lipinski definition) is 6. The van der Waals surface area contributed by atoms with Crippen molar-refractivity contribution in [2.75, 3.05) is 6.54 Å². The highest BCUT2D eigenvalue weighted by molar-refractivity contribution is 5.90. The van der Waals surface area contributed by atoms with E-state index in [1.807, 2.05) is 0 Å².